The van der Waals surface area contributed by atoms with Crippen LogP contribution in [0.3, 0.4) is 0 Å². The fourth-order valence-corrected chi connectivity index (χ4v) is 2.43. The minimum absolute atomic E-state index is 0.458. The Morgan fingerprint density at radius 1 is 1.62 bits per heavy atom. The maximum Gasteiger partial charge on any atom is 0.320 e. The molecule has 0 amide bonds. The first kappa shape index (κ1) is 13.5. The molecular formula is C11H16ClNO2S. The van der Waals surface area contributed by atoms with E-state index in [-0.39, 0.29) is 0 Å². The summed E-state index contributed by atoms with van der Waals surface area (Å²) in [5.74, 6) is -0.781. The number of carboxylic acids is 1. The molecule has 1 heterocycles. The third kappa shape index (κ3) is 4.51. The molecule has 0 fully saturated rings. The van der Waals surface area contributed by atoms with E-state index in [1.807, 2.05) is 12.1 Å². The summed E-state index contributed by atoms with van der Waals surface area (Å²) in [5, 5.41) is 12.0. The quantitative estimate of drug-likeness (QED) is 0.793. The lowest BCUT2D eigenvalue weighted by molar-refractivity contribution is -0.139. The summed E-state index contributed by atoms with van der Waals surface area (Å²) in [6.45, 7) is 2.62. The molecule has 1 aromatic rings. The number of aliphatic carboxylic acids is 1. The second-order valence-electron chi connectivity index (χ2n) is 3.62. The Bertz CT molecular complexity index is 340. The van der Waals surface area contributed by atoms with E-state index in [0.717, 1.165) is 22.1 Å². The number of nitrogens with one attached hydrogen (secondary N) is 1. The normalized spacial score (nSPS) is 12.6. The average Bonchev–Trinajstić information content (AvgIpc) is 2.64. The molecule has 0 radical (unpaired) electrons. The van der Waals surface area contributed by atoms with Gasteiger partial charge >= 0.3 is 5.97 Å². The summed E-state index contributed by atoms with van der Waals surface area (Å²) >= 11 is 7.27. The SMILES string of the molecule is CCCCC(NCc1ccc(Cl)s1)C(=O)O. The Labute approximate surface area is 104 Å². The van der Waals surface area contributed by atoms with Gasteiger partial charge in [-0.2, -0.15) is 0 Å². The molecule has 0 aliphatic rings. The molecule has 0 aliphatic heterocycles. The van der Waals surface area contributed by atoms with E-state index in [1.54, 1.807) is 0 Å². The van der Waals surface area contributed by atoms with Crippen molar-refractivity contribution in [3.63, 3.8) is 0 Å². The molecule has 1 unspecified atom stereocenters. The topological polar surface area (TPSA) is 49.3 Å². The van der Waals surface area contributed by atoms with Crippen molar-refractivity contribution < 1.29 is 9.90 Å². The Morgan fingerprint density at radius 3 is 2.88 bits per heavy atom. The average molecular weight is 262 g/mol. The molecule has 1 rings (SSSR count). The highest BCUT2D eigenvalue weighted by molar-refractivity contribution is 7.16. The predicted molar refractivity (Wildman–Crippen MR) is 67.1 cm³/mol. The second-order valence-corrected chi connectivity index (χ2v) is 5.42. The van der Waals surface area contributed by atoms with Gasteiger partial charge in [0.05, 0.1) is 4.34 Å². The lowest BCUT2D eigenvalue weighted by Crippen LogP contribution is -2.35. The molecule has 0 bridgehead atoms. The van der Waals surface area contributed by atoms with Crippen molar-refractivity contribution in [1.82, 2.24) is 5.32 Å². The van der Waals surface area contributed by atoms with Gasteiger partial charge in [-0.05, 0) is 18.6 Å². The monoisotopic (exact) mass is 261 g/mol. The number of carbonyl (C=O) groups is 1. The van der Waals surface area contributed by atoms with Crippen LogP contribution in [0.1, 0.15) is 31.1 Å². The first-order chi connectivity index (χ1) is 7.63. The van der Waals surface area contributed by atoms with E-state index in [0.29, 0.717) is 13.0 Å². The van der Waals surface area contributed by atoms with Gasteiger partial charge in [0.15, 0.2) is 0 Å². The number of halogens is 1. The standard InChI is InChI=1S/C11H16ClNO2S/c1-2-3-4-9(11(14)15)13-7-8-5-6-10(12)16-8/h5-6,9,13H,2-4,7H2,1H3,(H,14,15). The molecule has 0 saturated carbocycles. The first-order valence-corrected chi connectivity index (χ1v) is 6.53. The third-order valence-corrected chi connectivity index (χ3v) is 3.53. The smallest absolute Gasteiger partial charge is 0.320 e. The van der Waals surface area contributed by atoms with Gasteiger partial charge in [-0.15, -0.1) is 11.3 Å². The van der Waals surface area contributed by atoms with Crippen molar-refractivity contribution in [3.05, 3.63) is 21.3 Å². The number of unbranched alkanes of at least 4 members (excludes halogenated alkanes) is 1. The van der Waals surface area contributed by atoms with Gasteiger partial charge in [-0.25, -0.2) is 0 Å². The fraction of sp³-hybridized carbons (Fsp3) is 0.545. The van der Waals surface area contributed by atoms with Crippen LogP contribution < -0.4 is 5.32 Å². The number of hydrogen-bond donors (Lipinski definition) is 2. The Hall–Kier alpha value is -0.580. The number of thiophene rings is 1. The van der Waals surface area contributed by atoms with Crippen LogP contribution in [0.4, 0.5) is 0 Å². The van der Waals surface area contributed by atoms with Crippen molar-refractivity contribution in [2.45, 2.75) is 38.8 Å². The van der Waals surface area contributed by atoms with Gasteiger partial charge in [0.1, 0.15) is 6.04 Å². The molecule has 0 aromatic carbocycles. The van der Waals surface area contributed by atoms with E-state index in [4.69, 9.17) is 16.7 Å². The minimum Gasteiger partial charge on any atom is -0.480 e. The van der Waals surface area contributed by atoms with Crippen molar-refractivity contribution in [2.24, 2.45) is 0 Å². The van der Waals surface area contributed by atoms with Gasteiger partial charge in [0.25, 0.3) is 0 Å². The molecule has 0 aliphatic carbocycles. The first-order valence-electron chi connectivity index (χ1n) is 5.34. The molecule has 0 spiro atoms. The van der Waals surface area contributed by atoms with E-state index in [1.165, 1.54) is 11.3 Å². The number of hydrogen-bond acceptors (Lipinski definition) is 3. The Kier molecular flexibility index (Phi) is 5.80. The largest absolute Gasteiger partial charge is 0.480 e. The Morgan fingerprint density at radius 2 is 2.38 bits per heavy atom. The highest BCUT2D eigenvalue weighted by Gasteiger charge is 2.15. The lowest BCUT2D eigenvalue weighted by atomic mass is 10.1. The Balaban J connectivity index is 2.40. The fourth-order valence-electron chi connectivity index (χ4n) is 1.39. The van der Waals surface area contributed by atoms with Gasteiger partial charge in [-0.3, -0.25) is 10.1 Å². The van der Waals surface area contributed by atoms with E-state index in [2.05, 4.69) is 12.2 Å². The summed E-state index contributed by atoms with van der Waals surface area (Å²) in [6, 6.07) is 3.28. The summed E-state index contributed by atoms with van der Waals surface area (Å²) in [5.41, 5.74) is 0. The minimum atomic E-state index is -0.781. The van der Waals surface area contributed by atoms with E-state index < -0.39 is 12.0 Å². The predicted octanol–water partition coefficient (Wildman–Crippen LogP) is 3.13. The molecular weight excluding hydrogens is 246 g/mol. The maximum absolute atomic E-state index is 10.9. The molecule has 0 saturated heterocycles. The third-order valence-electron chi connectivity index (χ3n) is 2.30. The van der Waals surface area contributed by atoms with Gasteiger partial charge < -0.3 is 5.11 Å². The van der Waals surface area contributed by atoms with Gasteiger partial charge in [-0.1, -0.05) is 31.4 Å². The second kappa shape index (κ2) is 6.89. The molecule has 90 valence electrons. The van der Waals surface area contributed by atoms with Gasteiger partial charge in [0, 0.05) is 11.4 Å². The maximum atomic E-state index is 10.9. The summed E-state index contributed by atoms with van der Waals surface area (Å²) in [7, 11) is 0. The van der Waals surface area contributed by atoms with Crippen LogP contribution in [0.2, 0.25) is 4.34 Å². The number of rotatable bonds is 7. The summed E-state index contributed by atoms with van der Waals surface area (Å²) in [6.07, 6.45) is 2.61. The van der Waals surface area contributed by atoms with Crippen LogP contribution in [0.15, 0.2) is 12.1 Å². The number of carboxylic acid groups (broad SMARTS) is 1. The van der Waals surface area contributed by atoms with Crippen LogP contribution >= 0.6 is 22.9 Å². The molecule has 1 aromatic heterocycles. The van der Waals surface area contributed by atoms with Crippen LogP contribution in [0.25, 0.3) is 0 Å². The highest BCUT2D eigenvalue weighted by atomic mass is 35.5. The van der Waals surface area contributed by atoms with Crippen LogP contribution in [-0.2, 0) is 11.3 Å². The molecule has 16 heavy (non-hydrogen) atoms. The molecule has 3 nitrogen and oxygen atoms in total. The van der Waals surface area contributed by atoms with Crippen LogP contribution in [0.5, 0.6) is 0 Å². The van der Waals surface area contributed by atoms with Crippen molar-refractivity contribution in [2.75, 3.05) is 0 Å². The molecule has 2 N–H and O–H groups in total. The van der Waals surface area contributed by atoms with Crippen LogP contribution in [-0.4, -0.2) is 17.1 Å². The van der Waals surface area contributed by atoms with E-state index >= 15 is 0 Å². The lowest BCUT2D eigenvalue weighted by Gasteiger charge is -2.12. The molecule has 5 heteroatoms. The van der Waals surface area contributed by atoms with Crippen molar-refractivity contribution in [1.29, 1.82) is 0 Å². The summed E-state index contributed by atoms with van der Waals surface area (Å²) in [4.78, 5) is 12.0. The van der Waals surface area contributed by atoms with E-state index in [9.17, 15) is 4.79 Å². The highest BCUT2D eigenvalue weighted by Crippen LogP contribution is 2.21. The zero-order valence-corrected chi connectivity index (χ0v) is 10.8. The van der Waals surface area contributed by atoms with Gasteiger partial charge in [0.2, 0.25) is 0 Å². The zero-order valence-electron chi connectivity index (χ0n) is 9.20. The van der Waals surface area contributed by atoms with Crippen molar-refractivity contribution in [3.8, 4) is 0 Å². The van der Waals surface area contributed by atoms with Crippen LogP contribution in [0, 0.1) is 0 Å². The molecule has 1 atom stereocenters. The zero-order chi connectivity index (χ0) is 12.0. The summed E-state index contributed by atoms with van der Waals surface area (Å²) < 4.78 is 0.734. The van der Waals surface area contributed by atoms with Crippen molar-refractivity contribution >= 4 is 28.9 Å².